The number of pyridine rings is 1. The SMILES string of the molecule is CN(Cc1cncc(C(=O)O)c1)C(=O)c1ccc(C[C@@H]2CC[C@H](C(O)c3ccccc3)N2)cc1. The number of nitrogens with one attached hydrogen (secondary N) is 1. The molecular weight excluding hydrogens is 430 g/mol. The van der Waals surface area contributed by atoms with Crippen molar-refractivity contribution in [3.8, 4) is 0 Å². The molecule has 2 aromatic carbocycles. The van der Waals surface area contributed by atoms with E-state index in [4.69, 9.17) is 5.11 Å². The van der Waals surface area contributed by atoms with Crippen molar-refractivity contribution in [2.45, 2.75) is 44.0 Å². The first kappa shape index (κ1) is 23.6. The van der Waals surface area contributed by atoms with E-state index in [-0.39, 0.29) is 30.1 Å². The van der Waals surface area contributed by atoms with E-state index in [9.17, 15) is 14.7 Å². The lowest BCUT2D eigenvalue weighted by Gasteiger charge is -2.20. The van der Waals surface area contributed by atoms with E-state index in [0.717, 1.165) is 30.4 Å². The summed E-state index contributed by atoms with van der Waals surface area (Å²) in [4.78, 5) is 29.4. The maximum absolute atomic E-state index is 12.8. The molecule has 7 nitrogen and oxygen atoms in total. The molecule has 176 valence electrons. The van der Waals surface area contributed by atoms with Crippen LogP contribution in [0.1, 0.15) is 56.4 Å². The molecule has 7 heteroatoms. The Morgan fingerprint density at radius 3 is 2.47 bits per heavy atom. The minimum Gasteiger partial charge on any atom is -0.478 e. The lowest BCUT2D eigenvalue weighted by atomic mass is 10.0. The number of nitrogens with zero attached hydrogens (tertiary/aromatic N) is 2. The normalized spacial score (nSPS) is 18.4. The number of amides is 1. The smallest absolute Gasteiger partial charge is 0.337 e. The van der Waals surface area contributed by atoms with Crippen molar-refractivity contribution in [2.24, 2.45) is 0 Å². The Morgan fingerprint density at radius 2 is 1.76 bits per heavy atom. The highest BCUT2D eigenvalue weighted by Gasteiger charge is 2.29. The van der Waals surface area contributed by atoms with Crippen LogP contribution in [0.25, 0.3) is 0 Å². The van der Waals surface area contributed by atoms with Gasteiger partial charge < -0.3 is 20.4 Å². The van der Waals surface area contributed by atoms with Gasteiger partial charge in [-0.15, -0.1) is 0 Å². The van der Waals surface area contributed by atoms with Crippen LogP contribution in [-0.2, 0) is 13.0 Å². The first-order valence-corrected chi connectivity index (χ1v) is 11.4. The summed E-state index contributed by atoms with van der Waals surface area (Å²) in [5, 5.41) is 23.3. The third-order valence-corrected chi connectivity index (χ3v) is 6.29. The van der Waals surface area contributed by atoms with Crippen molar-refractivity contribution in [1.82, 2.24) is 15.2 Å². The highest BCUT2D eigenvalue weighted by Crippen LogP contribution is 2.26. The zero-order chi connectivity index (χ0) is 24.1. The van der Waals surface area contributed by atoms with Crippen LogP contribution in [0, 0.1) is 0 Å². The van der Waals surface area contributed by atoms with Gasteiger partial charge in [0, 0.05) is 43.6 Å². The average molecular weight is 460 g/mol. The molecule has 3 aromatic rings. The molecule has 1 fully saturated rings. The summed E-state index contributed by atoms with van der Waals surface area (Å²) in [7, 11) is 1.68. The highest BCUT2D eigenvalue weighted by atomic mass is 16.4. The van der Waals surface area contributed by atoms with E-state index in [1.165, 1.54) is 12.3 Å². The zero-order valence-electron chi connectivity index (χ0n) is 19.1. The highest BCUT2D eigenvalue weighted by molar-refractivity contribution is 5.94. The van der Waals surface area contributed by atoms with E-state index >= 15 is 0 Å². The maximum atomic E-state index is 12.8. The lowest BCUT2D eigenvalue weighted by molar-refractivity contribution is 0.0696. The molecule has 0 saturated carbocycles. The van der Waals surface area contributed by atoms with Crippen LogP contribution in [0.2, 0.25) is 0 Å². The van der Waals surface area contributed by atoms with Gasteiger partial charge in [-0.25, -0.2) is 4.79 Å². The third kappa shape index (κ3) is 5.68. The molecule has 3 atom stereocenters. The monoisotopic (exact) mass is 459 g/mol. The fraction of sp³-hybridized carbons (Fsp3) is 0.296. The Balaban J connectivity index is 1.32. The van der Waals surface area contributed by atoms with Crippen LogP contribution in [0.15, 0.2) is 73.1 Å². The van der Waals surface area contributed by atoms with Crippen molar-refractivity contribution >= 4 is 11.9 Å². The fourth-order valence-corrected chi connectivity index (χ4v) is 4.47. The van der Waals surface area contributed by atoms with Gasteiger partial charge >= 0.3 is 5.97 Å². The number of aliphatic hydroxyl groups is 1. The van der Waals surface area contributed by atoms with Gasteiger partial charge in [0.2, 0.25) is 0 Å². The van der Waals surface area contributed by atoms with E-state index < -0.39 is 12.1 Å². The van der Waals surface area contributed by atoms with E-state index in [1.807, 2.05) is 54.6 Å². The Hall–Kier alpha value is -3.55. The number of aromatic carboxylic acids is 1. The molecule has 1 aromatic heterocycles. The minimum absolute atomic E-state index is 0.0380. The number of hydrogen-bond acceptors (Lipinski definition) is 5. The number of carboxylic acid groups (broad SMARTS) is 1. The predicted molar refractivity (Wildman–Crippen MR) is 128 cm³/mol. The Morgan fingerprint density at radius 1 is 1.03 bits per heavy atom. The molecule has 0 spiro atoms. The van der Waals surface area contributed by atoms with Crippen LogP contribution in [0.3, 0.4) is 0 Å². The molecule has 1 aliphatic heterocycles. The summed E-state index contributed by atoms with van der Waals surface area (Å²) < 4.78 is 0. The van der Waals surface area contributed by atoms with Crippen molar-refractivity contribution in [1.29, 1.82) is 0 Å². The van der Waals surface area contributed by atoms with Crippen molar-refractivity contribution < 1.29 is 19.8 Å². The average Bonchev–Trinajstić information content (AvgIpc) is 3.32. The lowest BCUT2D eigenvalue weighted by Crippen LogP contribution is -2.35. The number of aromatic nitrogens is 1. The van der Waals surface area contributed by atoms with Gasteiger partial charge in [-0.3, -0.25) is 9.78 Å². The maximum Gasteiger partial charge on any atom is 0.337 e. The molecule has 0 aliphatic carbocycles. The van der Waals surface area contributed by atoms with Gasteiger partial charge in [-0.05, 0) is 54.2 Å². The Bertz CT molecular complexity index is 1130. The quantitative estimate of drug-likeness (QED) is 0.477. The van der Waals surface area contributed by atoms with Crippen molar-refractivity contribution in [2.75, 3.05) is 7.05 Å². The van der Waals surface area contributed by atoms with Crippen LogP contribution in [-0.4, -0.2) is 51.1 Å². The summed E-state index contributed by atoms with van der Waals surface area (Å²) in [6, 6.07) is 19.2. The molecule has 1 saturated heterocycles. The second-order valence-electron chi connectivity index (χ2n) is 8.85. The number of hydrogen-bond donors (Lipinski definition) is 3. The number of carbonyl (C=O) groups excluding carboxylic acids is 1. The number of rotatable bonds is 8. The van der Waals surface area contributed by atoms with Gasteiger partial charge in [-0.2, -0.15) is 0 Å². The Kier molecular flexibility index (Phi) is 7.35. The zero-order valence-corrected chi connectivity index (χ0v) is 19.1. The summed E-state index contributed by atoms with van der Waals surface area (Å²) in [5.41, 5.74) is 3.39. The molecule has 34 heavy (non-hydrogen) atoms. The summed E-state index contributed by atoms with van der Waals surface area (Å²) in [6.07, 6.45) is 5.07. The largest absolute Gasteiger partial charge is 0.478 e. The molecular formula is C27H29N3O4. The summed E-state index contributed by atoms with van der Waals surface area (Å²) in [5.74, 6) is -1.19. The molecule has 0 radical (unpaired) electrons. The number of aliphatic hydroxyl groups excluding tert-OH is 1. The van der Waals surface area contributed by atoms with E-state index in [0.29, 0.717) is 11.1 Å². The second kappa shape index (κ2) is 10.6. The predicted octanol–water partition coefficient (Wildman–Crippen LogP) is 3.45. The molecule has 1 amide bonds. The van der Waals surface area contributed by atoms with Crippen LogP contribution in [0.5, 0.6) is 0 Å². The van der Waals surface area contributed by atoms with Crippen LogP contribution >= 0.6 is 0 Å². The number of benzene rings is 2. The standard InChI is InChI=1S/C27H29N3O4/c1-30(17-19-13-22(27(33)34)16-28-15-19)26(32)21-9-7-18(8-10-21)14-23-11-12-24(29-23)25(31)20-5-3-2-4-6-20/h2-10,13,15-16,23-25,29,31H,11-12,14,17H2,1H3,(H,33,34)/t23-,24+,25?/m0/s1. The molecule has 1 unspecified atom stereocenters. The van der Waals surface area contributed by atoms with Crippen LogP contribution < -0.4 is 5.32 Å². The fourth-order valence-electron chi connectivity index (χ4n) is 4.47. The van der Waals surface area contributed by atoms with E-state index in [2.05, 4.69) is 10.3 Å². The third-order valence-electron chi connectivity index (χ3n) is 6.29. The van der Waals surface area contributed by atoms with Gasteiger partial charge in [0.05, 0.1) is 11.7 Å². The topological polar surface area (TPSA) is 103 Å². The van der Waals surface area contributed by atoms with Gasteiger partial charge in [0.15, 0.2) is 0 Å². The molecule has 3 N–H and O–H groups in total. The summed E-state index contributed by atoms with van der Waals surface area (Å²) in [6.45, 7) is 0.270. The molecule has 0 bridgehead atoms. The van der Waals surface area contributed by atoms with Gasteiger partial charge in [-0.1, -0.05) is 42.5 Å². The molecule has 4 rings (SSSR count). The number of carboxylic acids is 1. The molecule has 1 aliphatic rings. The second-order valence-corrected chi connectivity index (χ2v) is 8.85. The van der Waals surface area contributed by atoms with E-state index in [1.54, 1.807) is 18.1 Å². The van der Waals surface area contributed by atoms with Gasteiger partial charge in [0.1, 0.15) is 0 Å². The summed E-state index contributed by atoms with van der Waals surface area (Å²) >= 11 is 0. The van der Waals surface area contributed by atoms with Crippen molar-refractivity contribution in [3.63, 3.8) is 0 Å². The first-order chi connectivity index (χ1) is 16.4. The molecule has 2 heterocycles. The minimum atomic E-state index is -1.04. The van der Waals surface area contributed by atoms with Crippen molar-refractivity contribution in [3.05, 3.63) is 101 Å². The van der Waals surface area contributed by atoms with Gasteiger partial charge in [0.25, 0.3) is 5.91 Å². The first-order valence-electron chi connectivity index (χ1n) is 11.4. The number of carbonyl (C=O) groups is 2. The Labute approximate surface area is 199 Å². The van der Waals surface area contributed by atoms with Crippen LogP contribution in [0.4, 0.5) is 0 Å².